The van der Waals surface area contributed by atoms with Crippen LogP contribution in [0.2, 0.25) is 0 Å². The van der Waals surface area contributed by atoms with Crippen molar-refractivity contribution in [2.75, 3.05) is 13.1 Å². The van der Waals surface area contributed by atoms with Crippen LogP contribution in [0.15, 0.2) is 36.5 Å². The Kier molecular flexibility index (Phi) is 4.79. The van der Waals surface area contributed by atoms with Crippen molar-refractivity contribution in [3.05, 3.63) is 53.3 Å². The van der Waals surface area contributed by atoms with E-state index >= 15 is 0 Å². The van der Waals surface area contributed by atoms with Gasteiger partial charge in [0.25, 0.3) is 5.91 Å². The van der Waals surface area contributed by atoms with Crippen LogP contribution in [0.5, 0.6) is 0 Å². The molecule has 0 atom stereocenters. The molecule has 1 saturated heterocycles. The van der Waals surface area contributed by atoms with E-state index in [1.54, 1.807) is 21.8 Å². The summed E-state index contributed by atoms with van der Waals surface area (Å²) in [5.41, 5.74) is -1.45. The number of rotatable bonds is 3. The molecule has 1 aliphatic heterocycles. The van der Waals surface area contributed by atoms with Gasteiger partial charge in [-0.15, -0.1) is 0 Å². The summed E-state index contributed by atoms with van der Waals surface area (Å²) in [6.07, 6.45) is -2.54. The summed E-state index contributed by atoms with van der Waals surface area (Å²) >= 11 is 0. The Labute approximate surface area is 149 Å². The predicted octanol–water partition coefficient (Wildman–Crippen LogP) is 3.05. The summed E-state index contributed by atoms with van der Waals surface area (Å²) in [5, 5.41) is 14.9. The molecule has 3 rings (SSSR count). The van der Waals surface area contributed by atoms with Crippen molar-refractivity contribution < 1.29 is 23.1 Å². The van der Waals surface area contributed by atoms with Crippen molar-refractivity contribution >= 4 is 5.91 Å². The van der Waals surface area contributed by atoms with Crippen molar-refractivity contribution in [3.8, 4) is 0 Å². The van der Waals surface area contributed by atoms with Gasteiger partial charge in [0, 0.05) is 25.8 Å². The molecule has 0 unspecified atom stereocenters. The molecular weight excluding hydrogens is 347 g/mol. The molecule has 1 N–H and O–H groups in total. The molecule has 26 heavy (non-hydrogen) atoms. The van der Waals surface area contributed by atoms with Gasteiger partial charge in [-0.05, 0) is 43.5 Å². The first-order valence-electron chi connectivity index (χ1n) is 8.46. The molecule has 1 fully saturated rings. The lowest BCUT2D eigenvalue weighted by Crippen LogP contribution is -2.45. The molecule has 2 aromatic rings. The lowest BCUT2D eigenvalue weighted by atomic mass is 9.83. The fourth-order valence-corrected chi connectivity index (χ4v) is 3.28. The van der Waals surface area contributed by atoms with Crippen LogP contribution in [0.4, 0.5) is 13.2 Å². The predicted molar refractivity (Wildman–Crippen MR) is 88.4 cm³/mol. The number of amides is 1. The summed E-state index contributed by atoms with van der Waals surface area (Å²) < 4.78 is 40.3. The van der Waals surface area contributed by atoms with Crippen LogP contribution in [-0.4, -0.2) is 38.8 Å². The van der Waals surface area contributed by atoms with Gasteiger partial charge in [-0.25, -0.2) is 0 Å². The fraction of sp³-hybridized carbons (Fsp3) is 0.444. The number of hydrogen-bond donors (Lipinski definition) is 1. The summed E-state index contributed by atoms with van der Waals surface area (Å²) in [6.45, 7) is 2.98. The number of aliphatic hydroxyl groups is 1. The van der Waals surface area contributed by atoms with Gasteiger partial charge in [-0.2, -0.15) is 18.3 Å². The van der Waals surface area contributed by atoms with E-state index in [0.29, 0.717) is 12.2 Å². The van der Waals surface area contributed by atoms with Gasteiger partial charge < -0.3 is 10.0 Å². The van der Waals surface area contributed by atoms with Gasteiger partial charge in [-0.1, -0.05) is 12.1 Å². The smallest absolute Gasteiger partial charge is 0.385 e. The molecule has 1 amide bonds. The highest BCUT2D eigenvalue weighted by Gasteiger charge is 2.38. The molecular formula is C18H20F3N3O2. The zero-order valence-electron chi connectivity index (χ0n) is 14.3. The maximum Gasteiger partial charge on any atom is 0.416 e. The number of aromatic nitrogens is 2. The van der Waals surface area contributed by atoms with Crippen LogP contribution in [0.25, 0.3) is 0 Å². The molecule has 140 valence electrons. The molecule has 0 bridgehead atoms. The quantitative estimate of drug-likeness (QED) is 0.907. The Morgan fingerprint density at radius 1 is 1.27 bits per heavy atom. The summed E-state index contributed by atoms with van der Waals surface area (Å²) in [5.74, 6) is -0.185. The second kappa shape index (κ2) is 6.75. The largest absolute Gasteiger partial charge is 0.416 e. The van der Waals surface area contributed by atoms with Crippen LogP contribution in [0, 0.1) is 0 Å². The first-order valence-corrected chi connectivity index (χ1v) is 8.46. The number of aryl methyl sites for hydroxylation is 1. The molecule has 0 radical (unpaired) electrons. The number of hydrogen-bond acceptors (Lipinski definition) is 3. The number of carbonyl (C=O) groups excluding carboxylic acids is 1. The van der Waals surface area contributed by atoms with E-state index < -0.39 is 17.3 Å². The first-order chi connectivity index (χ1) is 12.2. The first kappa shape index (κ1) is 18.4. The minimum atomic E-state index is -4.46. The monoisotopic (exact) mass is 367 g/mol. The lowest BCUT2D eigenvalue weighted by Gasteiger charge is -2.38. The highest BCUT2D eigenvalue weighted by Crippen LogP contribution is 2.37. The van der Waals surface area contributed by atoms with E-state index in [9.17, 15) is 23.1 Å². The van der Waals surface area contributed by atoms with E-state index in [4.69, 9.17) is 0 Å². The second-order valence-electron chi connectivity index (χ2n) is 6.43. The number of carbonyl (C=O) groups is 1. The molecule has 5 nitrogen and oxygen atoms in total. The molecule has 1 aromatic heterocycles. The third-order valence-electron chi connectivity index (χ3n) is 4.84. The normalized spacial score (nSPS) is 17.3. The third-order valence-corrected chi connectivity index (χ3v) is 4.84. The van der Waals surface area contributed by atoms with Gasteiger partial charge in [0.1, 0.15) is 5.69 Å². The highest BCUT2D eigenvalue weighted by molar-refractivity contribution is 5.92. The Hall–Kier alpha value is -2.35. The summed E-state index contributed by atoms with van der Waals surface area (Å²) in [6, 6.07) is 6.41. The Balaban J connectivity index is 1.74. The lowest BCUT2D eigenvalue weighted by molar-refractivity contribution is -0.137. The van der Waals surface area contributed by atoms with Crippen molar-refractivity contribution in [2.24, 2.45) is 0 Å². The maximum atomic E-state index is 12.9. The van der Waals surface area contributed by atoms with Gasteiger partial charge in [-0.3, -0.25) is 9.48 Å². The number of halogens is 3. The molecule has 1 aliphatic rings. The minimum Gasteiger partial charge on any atom is -0.385 e. The van der Waals surface area contributed by atoms with Crippen LogP contribution in [0.3, 0.4) is 0 Å². The van der Waals surface area contributed by atoms with E-state index in [1.165, 1.54) is 12.1 Å². The van der Waals surface area contributed by atoms with Crippen LogP contribution in [-0.2, 0) is 18.3 Å². The average molecular weight is 367 g/mol. The standard InChI is InChI=1S/C18H20F3N3O2/c1-2-24-15(6-9-22-24)16(25)23-10-7-17(26,8-11-23)13-4-3-5-14(12-13)18(19,20)21/h3-6,9,12,26H,2,7-8,10-11H2,1H3. The molecule has 1 aromatic carbocycles. The second-order valence-corrected chi connectivity index (χ2v) is 6.43. The zero-order valence-corrected chi connectivity index (χ0v) is 14.3. The van der Waals surface area contributed by atoms with Gasteiger partial charge in [0.2, 0.25) is 0 Å². The molecule has 0 saturated carbocycles. The number of nitrogens with zero attached hydrogens (tertiary/aromatic N) is 3. The van der Waals surface area contributed by atoms with Crippen molar-refractivity contribution in [3.63, 3.8) is 0 Å². The SMILES string of the molecule is CCn1nccc1C(=O)N1CCC(O)(c2cccc(C(F)(F)F)c2)CC1. The van der Waals surface area contributed by atoms with E-state index in [1.807, 2.05) is 6.92 Å². The summed E-state index contributed by atoms with van der Waals surface area (Å²) in [7, 11) is 0. The Morgan fingerprint density at radius 3 is 2.58 bits per heavy atom. The van der Waals surface area contributed by atoms with Crippen molar-refractivity contribution in [2.45, 2.75) is 38.1 Å². The zero-order chi connectivity index (χ0) is 18.9. The third kappa shape index (κ3) is 3.46. The fourth-order valence-electron chi connectivity index (χ4n) is 3.28. The van der Waals surface area contributed by atoms with Gasteiger partial charge in [0.15, 0.2) is 0 Å². The number of benzene rings is 1. The summed E-state index contributed by atoms with van der Waals surface area (Å²) in [4.78, 5) is 14.2. The Morgan fingerprint density at radius 2 is 1.96 bits per heavy atom. The van der Waals surface area contributed by atoms with E-state index in [-0.39, 0.29) is 37.4 Å². The van der Waals surface area contributed by atoms with Crippen molar-refractivity contribution in [1.29, 1.82) is 0 Å². The molecule has 2 heterocycles. The number of likely N-dealkylation sites (tertiary alicyclic amines) is 1. The molecule has 8 heteroatoms. The van der Waals surface area contributed by atoms with Gasteiger partial charge >= 0.3 is 6.18 Å². The number of alkyl halides is 3. The van der Waals surface area contributed by atoms with Gasteiger partial charge in [0.05, 0.1) is 11.2 Å². The Bertz CT molecular complexity index is 793. The van der Waals surface area contributed by atoms with E-state index in [0.717, 1.165) is 12.1 Å². The van der Waals surface area contributed by atoms with Crippen molar-refractivity contribution in [1.82, 2.24) is 14.7 Å². The van der Waals surface area contributed by atoms with E-state index in [2.05, 4.69) is 5.10 Å². The molecule has 0 aliphatic carbocycles. The van der Waals surface area contributed by atoms with Crippen LogP contribution >= 0.6 is 0 Å². The number of piperidine rings is 1. The maximum absolute atomic E-state index is 12.9. The van der Waals surface area contributed by atoms with Crippen LogP contribution in [0.1, 0.15) is 41.4 Å². The van der Waals surface area contributed by atoms with Crippen LogP contribution < -0.4 is 0 Å². The topological polar surface area (TPSA) is 58.4 Å². The highest BCUT2D eigenvalue weighted by atomic mass is 19.4. The minimum absolute atomic E-state index is 0.181. The molecule has 0 spiro atoms. The average Bonchev–Trinajstić information content (AvgIpc) is 3.10.